The highest BCUT2D eigenvalue weighted by Crippen LogP contribution is 2.20. The number of rotatable bonds is 8. The fourth-order valence-corrected chi connectivity index (χ4v) is 3.85. The zero-order valence-corrected chi connectivity index (χ0v) is 18.1. The van der Waals surface area contributed by atoms with Gasteiger partial charge in [-0.25, -0.2) is 4.39 Å². The summed E-state index contributed by atoms with van der Waals surface area (Å²) in [5.74, 6) is 1.57. The number of hydrogen-bond acceptors (Lipinski definition) is 6. The van der Waals surface area contributed by atoms with Crippen molar-refractivity contribution in [3.8, 4) is 5.75 Å². The van der Waals surface area contributed by atoms with E-state index >= 15 is 0 Å². The largest absolute Gasteiger partial charge is 0.494 e. The van der Waals surface area contributed by atoms with Gasteiger partial charge in [-0.05, 0) is 35.7 Å². The standard InChI is InChI=1S/C23H27FN6O2/c1-32-20-13-18(4-6-19(20)24)16-29-10-8-21-27-28-22(30(21)12-11-29)15-26-23(31)7-5-17-3-2-9-25-14-17/h2-4,6,9,13-14H,5,7-8,10-12,15-16H2,1H3,(H,26,31). The van der Waals surface area contributed by atoms with Crippen LogP contribution in [0.3, 0.4) is 0 Å². The molecule has 1 aliphatic rings. The smallest absolute Gasteiger partial charge is 0.220 e. The third kappa shape index (κ3) is 5.47. The molecule has 0 unspecified atom stereocenters. The molecule has 4 rings (SSSR count). The van der Waals surface area contributed by atoms with Crippen LogP contribution in [0.1, 0.15) is 29.2 Å². The fourth-order valence-electron chi connectivity index (χ4n) is 3.85. The topological polar surface area (TPSA) is 85.2 Å². The van der Waals surface area contributed by atoms with Crippen molar-refractivity contribution < 1.29 is 13.9 Å². The Morgan fingerprint density at radius 1 is 1.19 bits per heavy atom. The van der Waals surface area contributed by atoms with Crippen molar-refractivity contribution >= 4 is 5.91 Å². The molecule has 32 heavy (non-hydrogen) atoms. The van der Waals surface area contributed by atoms with Crippen LogP contribution in [-0.2, 0) is 37.3 Å². The second kappa shape index (κ2) is 10.3. The van der Waals surface area contributed by atoms with Gasteiger partial charge in [-0.2, -0.15) is 0 Å². The summed E-state index contributed by atoms with van der Waals surface area (Å²) in [6, 6.07) is 8.80. The molecule has 0 saturated heterocycles. The highest BCUT2D eigenvalue weighted by Gasteiger charge is 2.19. The summed E-state index contributed by atoms with van der Waals surface area (Å²) in [5, 5.41) is 11.6. The van der Waals surface area contributed by atoms with Crippen LogP contribution in [0.2, 0.25) is 0 Å². The van der Waals surface area contributed by atoms with E-state index in [0.717, 1.165) is 48.8 Å². The Morgan fingerprint density at radius 3 is 2.91 bits per heavy atom. The summed E-state index contributed by atoms with van der Waals surface area (Å²) in [7, 11) is 1.47. The second-order valence-corrected chi connectivity index (χ2v) is 7.82. The highest BCUT2D eigenvalue weighted by atomic mass is 19.1. The average Bonchev–Trinajstić information content (AvgIpc) is 3.10. The van der Waals surface area contributed by atoms with Crippen LogP contribution in [0.5, 0.6) is 5.75 Å². The maximum Gasteiger partial charge on any atom is 0.220 e. The molecule has 2 aromatic heterocycles. The van der Waals surface area contributed by atoms with Crippen molar-refractivity contribution in [1.29, 1.82) is 0 Å². The number of pyridine rings is 1. The van der Waals surface area contributed by atoms with E-state index in [1.54, 1.807) is 24.5 Å². The first-order valence-electron chi connectivity index (χ1n) is 10.7. The first-order valence-corrected chi connectivity index (χ1v) is 10.7. The molecule has 0 bridgehead atoms. The number of carbonyl (C=O) groups excluding carboxylic acids is 1. The van der Waals surface area contributed by atoms with Crippen LogP contribution in [0.15, 0.2) is 42.7 Å². The van der Waals surface area contributed by atoms with Gasteiger partial charge < -0.3 is 14.6 Å². The summed E-state index contributed by atoms with van der Waals surface area (Å²) < 4.78 is 20.8. The summed E-state index contributed by atoms with van der Waals surface area (Å²) >= 11 is 0. The lowest BCUT2D eigenvalue weighted by atomic mass is 10.1. The van der Waals surface area contributed by atoms with Gasteiger partial charge in [0.1, 0.15) is 5.82 Å². The number of nitrogens with one attached hydrogen (secondary N) is 1. The molecule has 1 amide bonds. The lowest BCUT2D eigenvalue weighted by Crippen LogP contribution is -2.28. The van der Waals surface area contributed by atoms with E-state index in [-0.39, 0.29) is 17.5 Å². The third-order valence-electron chi connectivity index (χ3n) is 5.62. The van der Waals surface area contributed by atoms with Crippen LogP contribution in [-0.4, -0.2) is 50.8 Å². The van der Waals surface area contributed by atoms with E-state index in [9.17, 15) is 9.18 Å². The van der Waals surface area contributed by atoms with Crippen molar-refractivity contribution in [2.45, 2.75) is 38.9 Å². The number of benzene rings is 1. The molecule has 0 radical (unpaired) electrons. The molecule has 8 nitrogen and oxygen atoms in total. The van der Waals surface area contributed by atoms with Crippen LogP contribution in [0, 0.1) is 5.82 Å². The Balaban J connectivity index is 1.29. The molecular weight excluding hydrogens is 411 g/mol. The van der Waals surface area contributed by atoms with E-state index < -0.39 is 0 Å². The lowest BCUT2D eigenvalue weighted by Gasteiger charge is -2.20. The van der Waals surface area contributed by atoms with E-state index in [4.69, 9.17) is 4.74 Å². The monoisotopic (exact) mass is 438 g/mol. The molecule has 1 aromatic carbocycles. The maximum absolute atomic E-state index is 13.7. The highest BCUT2D eigenvalue weighted by molar-refractivity contribution is 5.76. The Kier molecular flexibility index (Phi) is 7.06. The zero-order chi connectivity index (χ0) is 22.3. The van der Waals surface area contributed by atoms with E-state index in [0.29, 0.717) is 25.9 Å². The normalized spacial score (nSPS) is 13.9. The molecule has 0 atom stereocenters. The van der Waals surface area contributed by atoms with Gasteiger partial charge in [-0.1, -0.05) is 12.1 Å². The molecule has 0 spiro atoms. The fraction of sp³-hybridized carbons (Fsp3) is 0.391. The molecule has 3 heterocycles. The number of amides is 1. The van der Waals surface area contributed by atoms with Gasteiger partial charge in [-0.15, -0.1) is 10.2 Å². The van der Waals surface area contributed by atoms with Crippen molar-refractivity contribution in [2.75, 3.05) is 20.2 Å². The molecule has 1 N–H and O–H groups in total. The van der Waals surface area contributed by atoms with Crippen LogP contribution < -0.4 is 10.1 Å². The maximum atomic E-state index is 13.7. The Morgan fingerprint density at radius 2 is 2.09 bits per heavy atom. The minimum Gasteiger partial charge on any atom is -0.494 e. The van der Waals surface area contributed by atoms with Crippen LogP contribution >= 0.6 is 0 Å². The molecule has 0 aliphatic carbocycles. The number of aryl methyl sites for hydroxylation is 1. The molecule has 0 saturated carbocycles. The summed E-state index contributed by atoms with van der Waals surface area (Å²) in [6.45, 7) is 3.44. The van der Waals surface area contributed by atoms with Gasteiger partial charge in [-0.3, -0.25) is 14.7 Å². The van der Waals surface area contributed by atoms with Gasteiger partial charge >= 0.3 is 0 Å². The van der Waals surface area contributed by atoms with Crippen molar-refractivity contribution in [2.24, 2.45) is 0 Å². The molecule has 0 fully saturated rings. The summed E-state index contributed by atoms with van der Waals surface area (Å²) in [5.41, 5.74) is 2.04. The Labute approximate surface area is 186 Å². The number of fused-ring (bicyclic) bond motifs is 1. The summed E-state index contributed by atoms with van der Waals surface area (Å²) in [4.78, 5) is 18.6. The van der Waals surface area contributed by atoms with Crippen molar-refractivity contribution in [1.82, 2.24) is 30.0 Å². The number of aromatic nitrogens is 4. The Bertz CT molecular complexity index is 1060. The predicted molar refractivity (Wildman–Crippen MR) is 116 cm³/mol. The molecule has 1 aliphatic heterocycles. The van der Waals surface area contributed by atoms with Crippen molar-refractivity contribution in [3.05, 3.63) is 71.3 Å². The van der Waals surface area contributed by atoms with Gasteiger partial charge in [0.25, 0.3) is 0 Å². The first kappa shape index (κ1) is 21.9. The predicted octanol–water partition coefficient (Wildman–Crippen LogP) is 2.13. The van der Waals surface area contributed by atoms with E-state index in [1.807, 2.05) is 12.1 Å². The first-order chi connectivity index (χ1) is 15.6. The number of halogens is 1. The van der Waals surface area contributed by atoms with Gasteiger partial charge in [0.15, 0.2) is 17.4 Å². The molecular formula is C23H27FN6O2. The van der Waals surface area contributed by atoms with Crippen molar-refractivity contribution in [3.63, 3.8) is 0 Å². The third-order valence-corrected chi connectivity index (χ3v) is 5.62. The molecule has 168 valence electrons. The number of carbonyl (C=O) groups is 1. The summed E-state index contributed by atoms with van der Waals surface area (Å²) in [6.07, 6.45) is 5.32. The van der Waals surface area contributed by atoms with E-state index in [2.05, 4.69) is 30.0 Å². The minimum absolute atomic E-state index is 0.0216. The van der Waals surface area contributed by atoms with Gasteiger partial charge in [0.05, 0.1) is 13.7 Å². The minimum atomic E-state index is -0.356. The molecule has 9 heteroatoms. The lowest BCUT2D eigenvalue weighted by molar-refractivity contribution is -0.121. The van der Waals surface area contributed by atoms with Crippen LogP contribution in [0.25, 0.3) is 0 Å². The SMILES string of the molecule is COc1cc(CN2CCc3nnc(CNC(=O)CCc4cccnc4)n3CC2)ccc1F. The van der Waals surface area contributed by atoms with Gasteiger partial charge in [0, 0.05) is 51.4 Å². The average molecular weight is 439 g/mol. The number of methoxy groups -OCH3 is 1. The number of nitrogens with zero attached hydrogens (tertiary/aromatic N) is 5. The number of ether oxygens (including phenoxy) is 1. The van der Waals surface area contributed by atoms with Gasteiger partial charge in [0.2, 0.25) is 5.91 Å². The van der Waals surface area contributed by atoms with E-state index in [1.165, 1.54) is 13.2 Å². The van der Waals surface area contributed by atoms with Crippen LogP contribution in [0.4, 0.5) is 4.39 Å². The molecule has 3 aromatic rings. The second-order valence-electron chi connectivity index (χ2n) is 7.82. The quantitative estimate of drug-likeness (QED) is 0.580. The zero-order valence-electron chi connectivity index (χ0n) is 18.1. The number of hydrogen-bond donors (Lipinski definition) is 1. The Hall–Kier alpha value is -3.33.